The average molecular weight is 252 g/mol. The number of hydrogen-bond acceptors (Lipinski definition) is 2. The summed E-state index contributed by atoms with van der Waals surface area (Å²) in [5.74, 6) is 0. The first-order valence-corrected chi connectivity index (χ1v) is 5.50. The number of pyridine rings is 1. The highest BCUT2D eigenvalue weighted by Gasteiger charge is 2.15. The molecule has 1 aliphatic heterocycles. The normalized spacial score (nSPS) is 15.8. The monoisotopic (exact) mass is 251 g/mol. The fourth-order valence-corrected chi connectivity index (χ4v) is 2.31. The van der Waals surface area contributed by atoms with Crippen molar-refractivity contribution in [1.82, 2.24) is 15.3 Å². The minimum absolute atomic E-state index is 0.886. The molecule has 0 atom stereocenters. The van der Waals surface area contributed by atoms with Gasteiger partial charge in [-0.3, -0.25) is 0 Å². The Kier molecular flexibility index (Phi) is 1.85. The van der Waals surface area contributed by atoms with E-state index in [0.29, 0.717) is 0 Å². The van der Waals surface area contributed by atoms with Gasteiger partial charge in [-0.25, -0.2) is 4.98 Å². The lowest BCUT2D eigenvalue weighted by molar-refractivity contribution is 0.640. The summed E-state index contributed by atoms with van der Waals surface area (Å²) in [6.45, 7) is 2.01. The number of rotatable bonds is 0. The number of halogens is 1. The molecule has 0 aliphatic carbocycles. The summed E-state index contributed by atoms with van der Waals surface area (Å²) < 4.78 is 0.886. The first-order valence-electron chi connectivity index (χ1n) is 4.71. The standard InChI is InChI=1S/C10H10BrN3/c11-9-2-1-6-7-5-12-4-3-8(7)13-10(6)14-9/h1-2,12H,3-5H2,(H,13,14). The van der Waals surface area contributed by atoms with Crippen LogP contribution in [0, 0.1) is 0 Å². The zero-order valence-electron chi connectivity index (χ0n) is 7.60. The van der Waals surface area contributed by atoms with Crippen LogP contribution in [-0.2, 0) is 13.0 Å². The Morgan fingerprint density at radius 2 is 2.29 bits per heavy atom. The first-order chi connectivity index (χ1) is 6.84. The molecule has 4 heteroatoms. The van der Waals surface area contributed by atoms with E-state index in [-0.39, 0.29) is 0 Å². The predicted molar refractivity (Wildman–Crippen MR) is 59.2 cm³/mol. The molecule has 3 heterocycles. The number of nitrogens with one attached hydrogen (secondary N) is 2. The van der Waals surface area contributed by atoms with Gasteiger partial charge in [0.2, 0.25) is 0 Å². The number of aromatic nitrogens is 2. The third kappa shape index (κ3) is 1.18. The van der Waals surface area contributed by atoms with Crippen molar-refractivity contribution in [3.63, 3.8) is 0 Å². The van der Waals surface area contributed by atoms with Crippen molar-refractivity contribution in [2.45, 2.75) is 13.0 Å². The van der Waals surface area contributed by atoms with E-state index in [2.05, 4.69) is 37.3 Å². The largest absolute Gasteiger partial charge is 0.343 e. The number of aromatic amines is 1. The third-order valence-corrected chi connectivity index (χ3v) is 3.12. The lowest BCUT2D eigenvalue weighted by Gasteiger charge is -2.12. The number of fused-ring (bicyclic) bond motifs is 3. The van der Waals surface area contributed by atoms with Gasteiger partial charge in [-0.05, 0) is 33.6 Å². The van der Waals surface area contributed by atoms with E-state index in [4.69, 9.17) is 0 Å². The van der Waals surface area contributed by atoms with Crippen LogP contribution in [0.3, 0.4) is 0 Å². The van der Waals surface area contributed by atoms with Gasteiger partial charge in [0.05, 0.1) is 0 Å². The van der Waals surface area contributed by atoms with Crippen molar-refractivity contribution in [3.8, 4) is 0 Å². The minimum atomic E-state index is 0.886. The zero-order chi connectivity index (χ0) is 9.54. The van der Waals surface area contributed by atoms with E-state index in [1.54, 1.807) is 0 Å². The van der Waals surface area contributed by atoms with Gasteiger partial charge in [-0.2, -0.15) is 0 Å². The molecule has 0 radical (unpaired) electrons. The van der Waals surface area contributed by atoms with E-state index < -0.39 is 0 Å². The van der Waals surface area contributed by atoms with E-state index in [1.165, 1.54) is 16.6 Å². The summed E-state index contributed by atoms with van der Waals surface area (Å²) in [6, 6.07) is 4.11. The predicted octanol–water partition coefficient (Wildman–Crippen LogP) is 1.97. The van der Waals surface area contributed by atoms with Crippen molar-refractivity contribution >= 4 is 27.0 Å². The molecule has 0 saturated heterocycles. The Balaban J connectivity index is 2.31. The van der Waals surface area contributed by atoms with Gasteiger partial charge in [0.15, 0.2) is 0 Å². The molecular formula is C10H10BrN3. The highest BCUT2D eigenvalue weighted by molar-refractivity contribution is 9.10. The van der Waals surface area contributed by atoms with Crippen LogP contribution in [0.25, 0.3) is 11.0 Å². The van der Waals surface area contributed by atoms with Gasteiger partial charge in [-0.1, -0.05) is 0 Å². The van der Waals surface area contributed by atoms with E-state index >= 15 is 0 Å². The molecule has 0 spiro atoms. The average Bonchev–Trinajstić information content (AvgIpc) is 2.54. The van der Waals surface area contributed by atoms with Crippen LogP contribution in [0.5, 0.6) is 0 Å². The molecule has 0 bridgehead atoms. The summed E-state index contributed by atoms with van der Waals surface area (Å²) in [4.78, 5) is 7.79. The Bertz CT molecular complexity index is 489. The van der Waals surface area contributed by atoms with Gasteiger partial charge in [0, 0.05) is 30.6 Å². The summed E-state index contributed by atoms with van der Waals surface area (Å²) in [7, 11) is 0. The smallest absolute Gasteiger partial charge is 0.139 e. The highest BCUT2D eigenvalue weighted by Crippen LogP contribution is 2.24. The molecule has 2 aromatic rings. The van der Waals surface area contributed by atoms with Gasteiger partial charge >= 0.3 is 0 Å². The van der Waals surface area contributed by atoms with Crippen LogP contribution in [0.15, 0.2) is 16.7 Å². The molecule has 1 aliphatic rings. The van der Waals surface area contributed by atoms with Crippen molar-refractivity contribution in [2.24, 2.45) is 0 Å². The molecule has 0 fully saturated rings. The Morgan fingerprint density at radius 3 is 3.21 bits per heavy atom. The minimum Gasteiger partial charge on any atom is -0.343 e. The van der Waals surface area contributed by atoms with Crippen molar-refractivity contribution in [1.29, 1.82) is 0 Å². The maximum Gasteiger partial charge on any atom is 0.139 e. The maximum atomic E-state index is 4.41. The van der Waals surface area contributed by atoms with Crippen molar-refractivity contribution in [2.75, 3.05) is 6.54 Å². The second-order valence-corrected chi connectivity index (χ2v) is 4.35. The number of H-pyrrole nitrogens is 1. The Labute approximate surface area is 90.0 Å². The van der Waals surface area contributed by atoms with Crippen LogP contribution in [-0.4, -0.2) is 16.5 Å². The molecule has 0 aromatic carbocycles. The first kappa shape index (κ1) is 8.44. The molecule has 0 unspecified atom stereocenters. The topological polar surface area (TPSA) is 40.7 Å². The summed E-state index contributed by atoms with van der Waals surface area (Å²) >= 11 is 3.38. The number of nitrogens with zero attached hydrogens (tertiary/aromatic N) is 1. The Morgan fingerprint density at radius 1 is 1.36 bits per heavy atom. The van der Waals surface area contributed by atoms with Crippen LogP contribution < -0.4 is 5.32 Å². The second-order valence-electron chi connectivity index (χ2n) is 3.54. The fourth-order valence-electron chi connectivity index (χ4n) is 2.00. The van der Waals surface area contributed by atoms with Crippen LogP contribution in [0.2, 0.25) is 0 Å². The summed E-state index contributed by atoms with van der Waals surface area (Å²) in [5.41, 5.74) is 3.71. The van der Waals surface area contributed by atoms with E-state index in [1.807, 2.05) is 6.07 Å². The fraction of sp³-hybridized carbons (Fsp3) is 0.300. The lowest BCUT2D eigenvalue weighted by atomic mass is 10.1. The highest BCUT2D eigenvalue weighted by atomic mass is 79.9. The molecule has 2 N–H and O–H groups in total. The lowest BCUT2D eigenvalue weighted by Crippen LogP contribution is -2.22. The maximum absolute atomic E-state index is 4.41. The van der Waals surface area contributed by atoms with Crippen LogP contribution >= 0.6 is 15.9 Å². The molecule has 0 saturated carbocycles. The van der Waals surface area contributed by atoms with Gasteiger partial charge in [0.25, 0.3) is 0 Å². The zero-order valence-corrected chi connectivity index (χ0v) is 9.19. The van der Waals surface area contributed by atoms with Crippen LogP contribution in [0.4, 0.5) is 0 Å². The van der Waals surface area contributed by atoms with Crippen LogP contribution in [0.1, 0.15) is 11.3 Å². The molecule has 3 rings (SSSR count). The second kappa shape index (κ2) is 3.07. The molecular weight excluding hydrogens is 242 g/mol. The molecule has 72 valence electrons. The van der Waals surface area contributed by atoms with Gasteiger partial charge < -0.3 is 10.3 Å². The SMILES string of the molecule is Brc1ccc2c3c([nH]c2n1)CCNC3. The van der Waals surface area contributed by atoms with E-state index in [0.717, 1.165) is 29.8 Å². The van der Waals surface area contributed by atoms with Gasteiger partial charge in [0.1, 0.15) is 10.3 Å². The quantitative estimate of drug-likeness (QED) is 0.704. The molecule has 3 nitrogen and oxygen atoms in total. The summed E-state index contributed by atoms with van der Waals surface area (Å²) in [6.07, 6.45) is 1.07. The summed E-state index contributed by atoms with van der Waals surface area (Å²) in [5, 5.41) is 4.62. The molecule has 0 amide bonds. The molecule has 14 heavy (non-hydrogen) atoms. The Hall–Kier alpha value is -0.870. The van der Waals surface area contributed by atoms with Crippen molar-refractivity contribution in [3.05, 3.63) is 28.0 Å². The molecule has 2 aromatic heterocycles. The van der Waals surface area contributed by atoms with Gasteiger partial charge in [-0.15, -0.1) is 0 Å². The van der Waals surface area contributed by atoms with E-state index in [9.17, 15) is 0 Å². The number of hydrogen-bond donors (Lipinski definition) is 2. The van der Waals surface area contributed by atoms with Crippen molar-refractivity contribution < 1.29 is 0 Å². The third-order valence-electron chi connectivity index (χ3n) is 2.67.